The maximum atomic E-state index is 14.6. The van der Waals surface area contributed by atoms with E-state index >= 15 is 0 Å². The summed E-state index contributed by atoms with van der Waals surface area (Å²) in [5.74, 6) is -2.33. The van der Waals surface area contributed by atoms with Crippen molar-refractivity contribution in [1.82, 2.24) is 19.7 Å². The van der Waals surface area contributed by atoms with E-state index in [9.17, 15) is 27.2 Å². The van der Waals surface area contributed by atoms with E-state index in [1.54, 1.807) is 10.9 Å². The van der Waals surface area contributed by atoms with Gasteiger partial charge in [0.15, 0.2) is 17.3 Å². The first-order valence-corrected chi connectivity index (χ1v) is 11.3. The highest BCUT2D eigenvalue weighted by atomic mass is 35.5. The Morgan fingerprint density at radius 2 is 2.00 bits per heavy atom. The Morgan fingerprint density at radius 1 is 1.28 bits per heavy atom. The van der Waals surface area contributed by atoms with Crippen molar-refractivity contribution in [2.75, 3.05) is 32.1 Å². The van der Waals surface area contributed by atoms with E-state index in [4.69, 9.17) is 16.3 Å². The van der Waals surface area contributed by atoms with Crippen molar-refractivity contribution in [2.45, 2.75) is 25.1 Å². The second kappa shape index (κ2) is 10.3. The molecule has 0 saturated carbocycles. The molecule has 1 aliphatic heterocycles. The van der Waals surface area contributed by atoms with Gasteiger partial charge in [0.1, 0.15) is 5.69 Å². The number of benzene rings is 1. The number of anilines is 1. The molecule has 0 bridgehead atoms. The van der Waals surface area contributed by atoms with E-state index < -0.39 is 30.2 Å². The number of H-pyrrole nitrogens is 1. The van der Waals surface area contributed by atoms with Gasteiger partial charge in [-0.3, -0.25) is 19.2 Å². The Morgan fingerprint density at radius 3 is 2.67 bits per heavy atom. The molecule has 1 saturated heterocycles. The van der Waals surface area contributed by atoms with Crippen molar-refractivity contribution in [3.05, 3.63) is 64.5 Å². The number of halogens is 5. The zero-order valence-corrected chi connectivity index (χ0v) is 19.8. The number of methoxy groups -OCH3 is 1. The fraction of sp³-hybridized carbons (Fsp3) is 0.348. The lowest BCUT2D eigenvalue weighted by molar-refractivity contribution is -0.148. The predicted molar refractivity (Wildman–Crippen MR) is 123 cm³/mol. The summed E-state index contributed by atoms with van der Waals surface area (Å²) in [4.78, 5) is 29.5. The molecule has 0 unspecified atom stereocenters. The van der Waals surface area contributed by atoms with Gasteiger partial charge in [0.05, 0.1) is 42.2 Å². The largest absolute Gasteiger partial charge is 0.494 e. The first-order chi connectivity index (χ1) is 17.1. The number of carbonyl (C=O) groups excluding carboxylic acids is 2. The number of rotatable bonds is 7. The molecule has 0 atom stereocenters. The minimum Gasteiger partial charge on any atom is -0.494 e. The fourth-order valence-electron chi connectivity index (χ4n) is 4.10. The number of amides is 1. The molecule has 192 valence electrons. The number of likely N-dealkylation sites (tertiary alicyclic amines) is 1. The number of ether oxygens (including phenoxy) is 1. The fourth-order valence-corrected chi connectivity index (χ4v) is 4.33. The normalized spacial score (nSPS) is 15.2. The SMILES string of the molecule is COc1ccc(Cl)c(C(=O)c2c[nH]c(C(=O)Nc3cnn(C4CCN(CC(F)(F)F)CC4)c3)c2)c1F. The van der Waals surface area contributed by atoms with Gasteiger partial charge in [-0.1, -0.05) is 11.6 Å². The van der Waals surface area contributed by atoms with Gasteiger partial charge >= 0.3 is 6.18 Å². The number of hydrogen-bond donors (Lipinski definition) is 2. The molecule has 1 fully saturated rings. The van der Waals surface area contributed by atoms with E-state index in [1.807, 2.05) is 0 Å². The van der Waals surface area contributed by atoms with Crippen molar-refractivity contribution in [2.24, 2.45) is 0 Å². The Balaban J connectivity index is 1.39. The second-order valence-corrected chi connectivity index (χ2v) is 8.76. The van der Waals surface area contributed by atoms with Crippen LogP contribution in [0.1, 0.15) is 45.3 Å². The third-order valence-corrected chi connectivity index (χ3v) is 6.20. The van der Waals surface area contributed by atoms with Crippen LogP contribution < -0.4 is 10.1 Å². The standard InChI is InChI=1S/C23H22ClF4N5O3/c1-36-18-3-2-16(24)19(20(18)25)21(34)13-8-17(29-9-13)22(35)31-14-10-30-33(11-14)15-4-6-32(7-5-15)12-23(26,27)28/h2-3,8-11,15,29H,4-7,12H2,1H3,(H,31,35). The summed E-state index contributed by atoms with van der Waals surface area (Å²) in [5.41, 5.74) is 0.0770. The van der Waals surface area contributed by atoms with Crippen molar-refractivity contribution >= 4 is 29.0 Å². The zero-order valence-electron chi connectivity index (χ0n) is 19.0. The molecular formula is C23H22ClF4N5O3. The Bertz CT molecular complexity index is 1260. The zero-order chi connectivity index (χ0) is 26.0. The molecule has 2 N–H and O–H groups in total. The van der Waals surface area contributed by atoms with Crippen LogP contribution in [-0.2, 0) is 0 Å². The van der Waals surface area contributed by atoms with Crippen LogP contribution in [0.15, 0.2) is 36.8 Å². The summed E-state index contributed by atoms with van der Waals surface area (Å²) in [7, 11) is 1.26. The monoisotopic (exact) mass is 527 g/mol. The number of aromatic nitrogens is 3. The first-order valence-electron chi connectivity index (χ1n) is 11.0. The van der Waals surface area contributed by atoms with Gasteiger partial charge in [0.2, 0.25) is 0 Å². The lowest BCUT2D eigenvalue weighted by Gasteiger charge is -2.32. The molecule has 1 aliphatic rings. The Hall–Kier alpha value is -3.38. The highest BCUT2D eigenvalue weighted by Crippen LogP contribution is 2.30. The van der Waals surface area contributed by atoms with Crippen molar-refractivity contribution < 1.29 is 31.9 Å². The molecule has 0 aliphatic carbocycles. The Labute approximate surface area is 208 Å². The summed E-state index contributed by atoms with van der Waals surface area (Å²) in [5, 5.41) is 6.77. The Kier molecular flexibility index (Phi) is 7.36. The van der Waals surface area contributed by atoms with Crippen molar-refractivity contribution in [3.63, 3.8) is 0 Å². The number of nitrogens with one attached hydrogen (secondary N) is 2. The van der Waals surface area contributed by atoms with Gasteiger partial charge in [-0.15, -0.1) is 0 Å². The van der Waals surface area contributed by atoms with Crippen LogP contribution in [0.5, 0.6) is 5.75 Å². The van der Waals surface area contributed by atoms with E-state index in [2.05, 4.69) is 15.4 Å². The minimum atomic E-state index is -4.23. The molecule has 2 aromatic heterocycles. The van der Waals surface area contributed by atoms with Gasteiger partial charge in [0, 0.05) is 31.0 Å². The van der Waals surface area contributed by atoms with Gasteiger partial charge in [-0.2, -0.15) is 18.3 Å². The number of nitrogens with zero attached hydrogens (tertiary/aromatic N) is 3. The molecule has 0 spiro atoms. The van der Waals surface area contributed by atoms with Crippen LogP contribution in [-0.4, -0.2) is 64.3 Å². The average molecular weight is 528 g/mol. The molecule has 1 aromatic carbocycles. The molecule has 0 radical (unpaired) electrons. The molecule has 36 heavy (non-hydrogen) atoms. The van der Waals surface area contributed by atoms with Crippen LogP contribution in [0.4, 0.5) is 23.2 Å². The van der Waals surface area contributed by atoms with Crippen LogP contribution in [0.3, 0.4) is 0 Å². The van der Waals surface area contributed by atoms with E-state index in [1.165, 1.54) is 42.6 Å². The smallest absolute Gasteiger partial charge is 0.401 e. The number of ketones is 1. The quantitative estimate of drug-likeness (QED) is 0.343. The van der Waals surface area contributed by atoms with Crippen LogP contribution in [0.25, 0.3) is 0 Å². The van der Waals surface area contributed by atoms with E-state index in [-0.39, 0.29) is 33.6 Å². The van der Waals surface area contributed by atoms with E-state index in [0.717, 1.165) is 0 Å². The summed E-state index contributed by atoms with van der Waals surface area (Å²) >= 11 is 6.01. The summed E-state index contributed by atoms with van der Waals surface area (Å²) in [6, 6.07) is 3.83. The van der Waals surface area contributed by atoms with Crippen LogP contribution in [0.2, 0.25) is 5.02 Å². The first kappa shape index (κ1) is 25.7. The summed E-state index contributed by atoms with van der Waals surface area (Å²) in [6.07, 6.45) is 1.06. The summed E-state index contributed by atoms with van der Waals surface area (Å²) in [6.45, 7) is -0.344. The van der Waals surface area contributed by atoms with Crippen molar-refractivity contribution in [1.29, 1.82) is 0 Å². The van der Waals surface area contributed by atoms with Gasteiger partial charge in [-0.25, -0.2) is 4.39 Å². The van der Waals surface area contributed by atoms with Crippen LogP contribution in [0, 0.1) is 5.82 Å². The highest BCUT2D eigenvalue weighted by Gasteiger charge is 2.33. The molecule has 13 heteroatoms. The third-order valence-electron chi connectivity index (χ3n) is 5.89. The molecule has 4 rings (SSSR count). The minimum absolute atomic E-state index is 0.0236. The molecule has 3 aromatic rings. The number of aromatic amines is 1. The van der Waals surface area contributed by atoms with E-state index in [0.29, 0.717) is 31.6 Å². The molecular weight excluding hydrogens is 506 g/mol. The maximum Gasteiger partial charge on any atom is 0.401 e. The molecule has 8 nitrogen and oxygen atoms in total. The molecule has 1 amide bonds. The number of piperidine rings is 1. The highest BCUT2D eigenvalue weighted by molar-refractivity contribution is 6.35. The summed E-state index contributed by atoms with van der Waals surface area (Å²) < 4.78 is 58.8. The van der Waals surface area contributed by atoms with Crippen molar-refractivity contribution in [3.8, 4) is 5.75 Å². The number of carbonyl (C=O) groups is 2. The van der Waals surface area contributed by atoms with Gasteiger partial charge in [0.25, 0.3) is 5.91 Å². The lowest BCUT2D eigenvalue weighted by Crippen LogP contribution is -2.40. The lowest BCUT2D eigenvalue weighted by atomic mass is 10.0. The third kappa shape index (κ3) is 5.71. The number of alkyl halides is 3. The second-order valence-electron chi connectivity index (χ2n) is 8.36. The maximum absolute atomic E-state index is 14.6. The number of hydrogen-bond acceptors (Lipinski definition) is 5. The average Bonchev–Trinajstić information content (AvgIpc) is 3.49. The van der Waals surface area contributed by atoms with Gasteiger partial charge < -0.3 is 15.0 Å². The van der Waals surface area contributed by atoms with Gasteiger partial charge in [-0.05, 0) is 31.0 Å². The van der Waals surface area contributed by atoms with Crippen LogP contribution >= 0.6 is 11.6 Å². The topological polar surface area (TPSA) is 92.2 Å². The predicted octanol–water partition coefficient (Wildman–Crippen LogP) is 4.69. The molecule has 3 heterocycles.